The van der Waals surface area contributed by atoms with Gasteiger partial charge in [-0.05, 0) is 37.3 Å². The Bertz CT molecular complexity index is 833. The van der Waals surface area contributed by atoms with Crippen LogP contribution >= 0.6 is 11.6 Å². The number of imide groups is 1. The average Bonchev–Trinajstić information content (AvgIpc) is 2.83. The van der Waals surface area contributed by atoms with E-state index < -0.39 is 11.9 Å². The number of carbonyl (C=O) groups is 2. The quantitative estimate of drug-likeness (QED) is 0.678. The minimum Gasteiger partial charge on any atom is -0.493 e. The van der Waals surface area contributed by atoms with E-state index in [4.69, 9.17) is 16.3 Å². The van der Waals surface area contributed by atoms with Crippen LogP contribution in [0.5, 0.6) is 5.75 Å². The summed E-state index contributed by atoms with van der Waals surface area (Å²) >= 11 is 5.94. The van der Waals surface area contributed by atoms with E-state index in [2.05, 4.69) is 5.32 Å². The highest BCUT2D eigenvalue weighted by atomic mass is 35.5. The van der Waals surface area contributed by atoms with Crippen molar-refractivity contribution < 1.29 is 14.3 Å². The zero-order chi connectivity index (χ0) is 17.1. The first kappa shape index (κ1) is 16.1. The van der Waals surface area contributed by atoms with Crippen molar-refractivity contribution in [2.45, 2.75) is 6.92 Å². The Hall–Kier alpha value is -2.79. The smallest absolute Gasteiger partial charge is 0.333 e. The summed E-state index contributed by atoms with van der Waals surface area (Å²) in [6, 6.07) is 13.4. The van der Waals surface area contributed by atoms with Crippen LogP contribution in [0, 0.1) is 0 Å². The van der Waals surface area contributed by atoms with Crippen LogP contribution in [0.1, 0.15) is 12.5 Å². The van der Waals surface area contributed by atoms with Crippen LogP contribution in [-0.2, 0) is 4.79 Å². The van der Waals surface area contributed by atoms with Gasteiger partial charge in [0.2, 0.25) is 0 Å². The number of urea groups is 1. The van der Waals surface area contributed by atoms with Gasteiger partial charge in [0.15, 0.2) is 0 Å². The van der Waals surface area contributed by atoms with Crippen molar-refractivity contribution in [3.8, 4) is 5.75 Å². The SMILES string of the molecule is CCOc1ccccc1/C=C1/NC(=O)N(c2cccc(Cl)c2)C1=O. The number of para-hydroxylation sites is 1. The molecule has 3 amide bonds. The highest BCUT2D eigenvalue weighted by Crippen LogP contribution is 2.26. The van der Waals surface area contributed by atoms with Gasteiger partial charge < -0.3 is 10.1 Å². The van der Waals surface area contributed by atoms with Crippen LogP contribution in [0.15, 0.2) is 54.2 Å². The highest BCUT2D eigenvalue weighted by Gasteiger charge is 2.35. The first-order valence-corrected chi connectivity index (χ1v) is 7.82. The van der Waals surface area contributed by atoms with Gasteiger partial charge in [0.05, 0.1) is 12.3 Å². The molecular formula is C18H15ClN2O3. The topological polar surface area (TPSA) is 58.6 Å². The molecule has 2 aromatic carbocycles. The van der Waals surface area contributed by atoms with E-state index in [1.165, 1.54) is 0 Å². The van der Waals surface area contributed by atoms with Crippen LogP contribution in [0.25, 0.3) is 6.08 Å². The number of hydrogen-bond donors (Lipinski definition) is 1. The molecule has 1 aliphatic rings. The lowest BCUT2D eigenvalue weighted by molar-refractivity contribution is -0.113. The maximum absolute atomic E-state index is 12.6. The molecule has 0 bridgehead atoms. The van der Waals surface area contributed by atoms with E-state index in [-0.39, 0.29) is 5.70 Å². The number of benzene rings is 2. The number of amides is 3. The molecule has 2 aromatic rings. The third-order valence-corrected chi connectivity index (χ3v) is 3.70. The van der Waals surface area contributed by atoms with Crippen molar-refractivity contribution in [1.29, 1.82) is 0 Å². The van der Waals surface area contributed by atoms with Crippen LogP contribution in [0.2, 0.25) is 5.02 Å². The second-order valence-electron chi connectivity index (χ2n) is 5.08. The Kier molecular flexibility index (Phi) is 4.53. The highest BCUT2D eigenvalue weighted by molar-refractivity contribution is 6.32. The molecule has 3 rings (SSSR count). The fourth-order valence-corrected chi connectivity index (χ4v) is 2.61. The number of nitrogens with zero attached hydrogens (tertiary/aromatic N) is 1. The molecule has 0 aliphatic carbocycles. The zero-order valence-electron chi connectivity index (χ0n) is 13.0. The number of anilines is 1. The fraction of sp³-hybridized carbons (Fsp3) is 0.111. The molecule has 0 saturated carbocycles. The molecule has 24 heavy (non-hydrogen) atoms. The molecule has 6 heteroatoms. The normalized spacial score (nSPS) is 15.8. The summed E-state index contributed by atoms with van der Waals surface area (Å²) in [5.41, 5.74) is 1.33. The first-order valence-electron chi connectivity index (χ1n) is 7.44. The summed E-state index contributed by atoms with van der Waals surface area (Å²) < 4.78 is 5.54. The largest absolute Gasteiger partial charge is 0.493 e. The molecule has 1 heterocycles. The van der Waals surface area contributed by atoms with Crippen molar-refractivity contribution in [2.24, 2.45) is 0 Å². The second kappa shape index (κ2) is 6.76. The molecule has 0 spiro atoms. The predicted octanol–water partition coefficient (Wildman–Crippen LogP) is 3.84. The Balaban J connectivity index is 1.94. The van der Waals surface area contributed by atoms with E-state index in [0.717, 1.165) is 10.5 Å². The van der Waals surface area contributed by atoms with Gasteiger partial charge in [-0.2, -0.15) is 0 Å². The van der Waals surface area contributed by atoms with Crippen molar-refractivity contribution in [3.05, 3.63) is 64.8 Å². The van der Waals surface area contributed by atoms with Crippen LogP contribution in [0.4, 0.5) is 10.5 Å². The first-order chi connectivity index (χ1) is 11.6. The fourth-order valence-electron chi connectivity index (χ4n) is 2.43. The van der Waals surface area contributed by atoms with Gasteiger partial charge in [0.25, 0.3) is 5.91 Å². The number of rotatable bonds is 4. The van der Waals surface area contributed by atoms with Crippen molar-refractivity contribution >= 4 is 35.3 Å². The number of halogens is 1. The van der Waals surface area contributed by atoms with Crippen molar-refractivity contribution in [1.82, 2.24) is 5.32 Å². The molecule has 5 nitrogen and oxygen atoms in total. The molecule has 122 valence electrons. The standard InChI is InChI=1S/C18H15ClN2O3/c1-2-24-16-9-4-3-6-12(16)10-15-17(22)21(18(23)20-15)14-8-5-7-13(19)11-14/h3-11H,2H2,1H3,(H,20,23)/b15-10+. The Morgan fingerprint density at radius 2 is 1.96 bits per heavy atom. The van der Waals surface area contributed by atoms with Crippen molar-refractivity contribution in [3.63, 3.8) is 0 Å². The molecule has 1 fully saturated rings. The monoisotopic (exact) mass is 342 g/mol. The maximum atomic E-state index is 12.6. The van der Waals surface area contributed by atoms with Gasteiger partial charge in [-0.25, -0.2) is 9.69 Å². The Labute approximate surface area is 144 Å². The van der Waals surface area contributed by atoms with Gasteiger partial charge in [0, 0.05) is 10.6 Å². The second-order valence-corrected chi connectivity index (χ2v) is 5.52. The molecular weight excluding hydrogens is 328 g/mol. The molecule has 0 unspecified atom stereocenters. The third kappa shape index (κ3) is 3.12. The van der Waals surface area contributed by atoms with Crippen molar-refractivity contribution in [2.75, 3.05) is 11.5 Å². The van der Waals surface area contributed by atoms with E-state index in [1.807, 2.05) is 31.2 Å². The lowest BCUT2D eigenvalue weighted by Crippen LogP contribution is -2.30. The summed E-state index contributed by atoms with van der Waals surface area (Å²) in [5, 5.41) is 3.04. The third-order valence-electron chi connectivity index (χ3n) is 3.46. The van der Waals surface area contributed by atoms with Gasteiger partial charge in [-0.1, -0.05) is 35.9 Å². The number of nitrogens with one attached hydrogen (secondary N) is 1. The number of hydrogen-bond acceptors (Lipinski definition) is 3. The molecule has 1 N–H and O–H groups in total. The molecule has 1 aliphatic heterocycles. The number of ether oxygens (including phenoxy) is 1. The van der Waals surface area contributed by atoms with E-state index in [9.17, 15) is 9.59 Å². The Morgan fingerprint density at radius 3 is 2.71 bits per heavy atom. The maximum Gasteiger partial charge on any atom is 0.333 e. The van der Waals surface area contributed by atoms with Gasteiger partial charge >= 0.3 is 6.03 Å². The summed E-state index contributed by atoms with van der Waals surface area (Å²) in [5.74, 6) is 0.212. The minimum atomic E-state index is -0.512. The van der Waals surface area contributed by atoms with Crippen LogP contribution in [-0.4, -0.2) is 18.5 Å². The van der Waals surface area contributed by atoms with Gasteiger partial charge in [-0.3, -0.25) is 4.79 Å². The summed E-state index contributed by atoms with van der Waals surface area (Å²) in [7, 11) is 0. The average molecular weight is 343 g/mol. The molecule has 0 radical (unpaired) electrons. The van der Waals surface area contributed by atoms with Gasteiger partial charge in [-0.15, -0.1) is 0 Å². The van der Waals surface area contributed by atoms with E-state index in [0.29, 0.717) is 23.1 Å². The van der Waals surface area contributed by atoms with Crippen LogP contribution < -0.4 is 15.0 Å². The molecule has 0 aromatic heterocycles. The molecule has 1 saturated heterocycles. The summed E-state index contributed by atoms with van der Waals surface area (Å²) in [4.78, 5) is 25.8. The van der Waals surface area contributed by atoms with E-state index >= 15 is 0 Å². The van der Waals surface area contributed by atoms with Crippen LogP contribution in [0.3, 0.4) is 0 Å². The molecule has 0 atom stereocenters. The minimum absolute atomic E-state index is 0.187. The predicted molar refractivity (Wildman–Crippen MR) is 93.1 cm³/mol. The summed E-state index contributed by atoms with van der Waals surface area (Å²) in [6.07, 6.45) is 1.61. The lowest BCUT2D eigenvalue weighted by Gasteiger charge is -2.11. The lowest BCUT2D eigenvalue weighted by atomic mass is 10.1. The van der Waals surface area contributed by atoms with Gasteiger partial charge in [0.1, 0.15) is 11.4 Å². The zero-order valence-corrected chi connectivity index (χ0v) is 13.7. The number of carbonyl (C=O) groups excluding carboxylic acids is 2. The summed E-state index contributed by atoms with van der Waals surface area (Å²) in [6.45, 7) is 2.39. The Morgan fingerprint density at radius 1 is 1.17 bits per heavy atom. The van der Waals surface area contributed by atoms with E-state index in [1.54, 1.807) is 30.3 Å².